The number of rotatable bonds is 3. The first kappa shape index (κ1) is 9.70. The number of hydrogen-bond donors (Lipinski definition) is 0. The molecule has 0 N–H and O–H groups in total. The molecule has 0 spiro atoms. The van der Waals surface area contributed by atoms with E-state index in [2.05, 4.69) is 16.6 Å². The maximum Gasteiger partial charge on any atom is 0.387 e. The number of nitrogens with zero attached hydrogens (tertiary/aromatic N) is 1. The number of halogens is 2. The molecule has 1 radical (unpaired) electrons. The van der Waals surface area contributed by atoms with Crippen molar-refractivity contribution in [3.05, 3.63) is 24.8 Å². The van der Waals surface area contributed by atoms with Gasteiger partial charge in [-0.15, -0.1) is 0 Å². The first-order valence-electron chi connectivity index (χ1n) is 3.45. The number of methoxy groups -OCH3 is 1. The van der Waals surface area contributed by atoms with Crippen molar-refractivity contribution in [2.24, 2.45) is 0 Å². The Morgan fingerprint density at radius 2 is 2.23 bits per heavy atom. The van der Waals surface area contributed by atoms with Crippen LogP contribution in [0.5, 0.6) is 11.6 Å². The molecule has 5 heteroatoms. The average Bonchev–Trinajstić information content (AvgIpc) is 2.08. The van der Waals surface area contributed by atoms with Crippen molar-refractivity contribution in [1.82, 2.24) is 4.98 Å². The lowest BCUT2D eigenvalue weighted by Gasteiger charge is -2.09. The molecule has 1 rings (SSSR count). The zero-order valence-corrected chi connectivity index (χ0v) is 6.96. The van der Waals surface area contributed by atoms with Crippen LogP contribution >= 0.6 is 0 Å². The smallest absolute Gasteiger partial charge is 0.387 e. The van der Waals surface area contributed by atoms with Crippen molar-refractivity contribution >= 4 is 0 Å². The summed E-state index contributed by atoms with van der Waals surface area (Å²) in [4.78, 5) is 3.76. The second-order valence-electron chi connectivity index (χ2n) is 2.18. The highest BCUT2D eigenvalue weighted by Gasteiger charge is 2.10. The van der Waals surface area contributed by atoms with Gasteiger partial charge in [0, 0.05) is 6.20 Å². The second-order valence-corrected chi connectivity index (χ2v) is 2.18. The number of alkyl halides is 2. The lowest BCUT2D eigenvalue weighted by Crippen LogP contribution is -2.04. The zero-order valence-electron chi connectivity index (χ0n) is 6.96. The Bertz CT molecular complexity index is 291. The molecule has 71 valence electrons. The van der Waals surface area contributed by atoms with Crippen LogP contribution in [0.15, 0.2) is 12.3 Å². The van der Waals surface area contributed by atoms with Crippen LogP contribution in [0.25, 0.3) is 0 Å². The molecule has 0 aromatic carbocycles. The third-order valence-corrected chi connectivity index (χ3v) is 1.38. The van der Waals surface area contributed by atoms with Crippen LogP contribution in [-0.4, -0.2) is 18.7 Å². The molecule has 1 aromatic rings. The van der Waals surface area contributed by atoms with Crippen LogP contribution in [0.2, 0.25) is 0 Å². The molecule has 1 aromatic heterocycles. The predicted molar refractivity (Wildman–Crippen MR) is 41.9 cm³/mol. The van der Waals surface area contributed by atoms with Crippen molar-refractivity contribution in [2.75, 3.05) is 7.11 Å². The molecular weight excluding hydrogens is 180 g/mol. The zero-order chi connectivity index (χ0) is 9.84. The molecule has 3 nitrogen and oxygen atoms in total. The van der Waals surface area contributed by atoms with Gasteiger partial charge in [-0.3, -0.25) is 0 Å². The van der Waals surface area contributed by atoms with E-state index in [0.717, 1.165) is 0 Å². The van der Waals surface area contributed by atoms with Crippen molar-refractivity contribution in [1.29, 1.82) is 0 Å². The molecule has 0 amide bonds. The summed E-state index contributed by atoms with van der Waals surface area (Å²) in [6, 6.07) is 1.30. The van der Waals surface area contributed by atoms with E-state index in [0.29, 0.717) is 0 Å². The van der Waals surface area contributed by atoms with E-state index in [-0.39, 0.29) is 17.2 Å². The van der Waals surface area contributed by atoms with E-state index in [9.17, 15) is 8.78 Å². The fraction of sp³-hybridized carbons (Fsp3) is 0.250. The van der Waals surface area contributed by atoms with Crippen molar-refractivity contribution in [3.8, 4) is 11.6 Å². The number of pyridine rings is 1. The molecule has 0 fully saturated rings. The molecule has 0 unspecified atom stereocenters. The molecule has 0 aliphatic heterocycles. The van der Waals surface area contributed by atoms with Crippen molar-refractivity contribution in [3.63, 3.8) is 0 Å². The SMILES string of the molecule is [CH2]c1c(OC(F)F)ccnc1OC. The van der Waals surface area contributed by atoms with Gasteiger partial charge in [0.2, 0.25) is 5.88 Å². The molecule has 0 saturated heterocycles. The molecule has 0 aliphatic carbocycles. The molecule has 0 atom stereocenters. The maximum absolute atomic E-state index is 11.8. The quantitative estimate of drug-likeness (QED) is 0.725. The summed E-state index contributed by atoms with van der Waals surface area (Å²) in [5.41, 5.74) is 0.213. The van der Waals surface area contributed by atoms with Crippen LogP contribution in [0.4, 0.5) is 8.78 Å². The second kappa shape index (κ2) is 4.02. The van der Waals surface area contributed by atoms with Crippen molar-refractivity contribution in [2.45, 2.75) is 6.61 Å². The van der Waals surface area contributed by atoms with Gasteiger partial charge in [-0.1, -0.05) is 0 Å². The molecule has 1 heterocycles. The molecule has 13 heavy (non-hydrogen) atoms. The first-order valence-corrected chi connectivity index (χ1v) is 3.45. The summed E-state index contributed by atoms with van der Waals surface area (Å²) >= 11 is 0. The van der Waals surface area contributed by atoms with Gasteiger partial charge in [-0.05, 0) is 13.0 Å². The summed E-state index contributed by atoms with van der Waals surface area (Å²) < 4.78 is 32.6. The van der Waals surface area contributed by atoms with E-state index in [1.54, 1.807) is 0 Å². The largest absolute Gasteiger partial charge is 0.481 e. The Morgan fingerprint density at radius 3 is 2.77 bits per heavy atom. The van der Waals surface area contributed by atoms with Gasteiger partial charge in [0.1, 0.15) is 5.75 Å². The lowest BCUT2D eigenvalue weighted by atomic mass is 10.3. The van der Waals surface area contributed by atoms with E-state index in [4.69, 9.17) is 4.74 Å². The van der Waals surface area contributed by atoms with Gasteiger partial charge in [0.15, 0.2) is 0 Å². The van der Waals surface area contributed by atoms with Gasteiger partial charge < -0.3 is 9.47 Å². The van der Waals surface area contributed by atoms with Gasteiger partial charge in [0.25, 0.3) is 0 Å². The number of hydrogen-bond acceptors (Lipinski definition) is 3. The normalized spacial score (nSPS) is 10.2. The van der Waals surface area contributed by atoms with E-state index < -0.39 is 6.61 Å². The molecule has 0 bridgehead atoms. The third kappa shape index (κ3) is 2.27. The van der Waals surface area contributed by atoms with Crippen LogP contribution in [0.1, 0.15) is 5.56 Å². The maximum atomic E-state index is 11.8. The Hall–Kier alpha value is -1.39. The molecule has 0 aliphatic rings. The molecule has 0 saturated carbocycles. The molecular formula is C8H8F2NO2. The van der Waals surface area contributed by atoms with Gasteiger partial charge in [0.05, 0.1) is 12.7 Å². The van der Waals surface area contributed by atoms with Crippen LogP contribution in [0.3, 0.4) is 0 Å². The topological polar surface area (TPSA) is 31.4 Å². The summed E-state index contributed by atoms with van der Waals surface area (Å²) in [5.74, 6) is 0.153. The summed E-state index contributed by atoms with van der Waals surface area (Å²) in [5, 5.41) is 0. The summed E-state index contributed by atoms with van der Waals surface area (Å²) in [7, 11) is 1.38. The third-order valence-electron chi connectivity index (χ3n) is 1.38. The predicted octanol–water partition coefficient (Wildman–Crippen LogP) is 1.87. The Morgan fingerprint density at radius 1 is 1.54 bits per heavy atom. The minimum atomic E-state index is -2.87. The highest BCUT2D eigenvalue weighted by Crippen LogP contribution is 2.25. The van der Waals surface area contributed by atoms with Gasteiger partial charge in [-0.25, -0.2) is 4.98 Å². The van der Waals surface area contributed by atoms with E-state index >= 15 is 0 Å². The Kier molecular flexibility index (Phi) is 3.00. The number of aromatic nitrogens is 1. The van der Waals surface area contributed by atoms with Crippen LogP contribution in [-0.2, 0) is 0 Å². The standard InChI is InChI=1S/C8H8F2NO2/c1-5-6(13-8(9)10)3-4-11-7(5)12-2/h3-4,8H,1H2,2H3. The monoisotopic (exact) mass is 188 g/mol. The van der Waals surface area contributed by atoms with E-state index in [1.165, 1.54) is 19.4 Å². The Balaban J connectivity index is 2.94. The van der Waals surface area contributed by atoms with E-state index in [1.807, 2.05) is 0 Å². The number of ether oxygens (including phenoxy) is 2. The lowest BCUT2D eigenvalue weighted by molar-refractivity contribution is -0.0502. The van der Waals surface area contributed by atoms with Gasteiger partial charge in [-0.2, -0.15) is 8.78 Å². The Labute approximate surface area is 74.3 Å². The minimum Gasteiger partial charge on any atom is -0.481 e. The highest BCUT2D eigenvalue weighted by atomic mass is 19.3. The van der Waals surface area contributed by atoms with Crippen LogP contribution < -0.4 is 9.47 Å². The summed E-state index contributed by atoms with van der Waals surface area (Å²) in [6.45, 7) is 0.631. The first-order chi connectivity index (χ1) is 6.15. The average molecular weight is 188 g/mol. The van der Waals surface area contributed by atoms with Gasteiger partial charge >= 0.3 is 6.61 Å². The fourth-order valence-corrected chi connectivity index (χ4v) is 0.839. The summed E-state index contributed by atoms with van der Waals surface area (Å²) in [6.07, 6.45) is 1.31. The minimum absolute atomic E-state index is 0.0261. The van der Waals surface area contributed by atoms with Crippen LogP contribution in [0, 0.1) is 6.92 Å². The van der Waals surface area contributed by atoms with Crippen molar-refractivity contribution < 1.29 is 18.3 Å². The highest BCUT2D eigenvalue weighted by molar-refractivity contribution is 5.41. The fourth-order valence-electron chi connectivity index (χ4n) is 0.839.